The molecule has 0 saturated carbocycles. The van der Waals surface area contributed by atoms with Crippen LogP contribution in [0.4, 0.5) is 5.69 Å². The van der Waals surface area contributed by atoms with Crippen LogP contribution in [0.1, 0.15) is 10.4 Å². The molecule has 2 nitrogen and oxygen atoms in total. The van der Waals surface area contributed by atoms with Gasteiger partial charge in [0.15, 0.2) is 0 Å². The Morgan fingerprint density at radius 2 is 1.57 bits per heavy atom. The quantitative estimate of drug-likeness (QED) is 0.583. The predicted molar refractivity (Wildman–Crippen MR) is 95.8 cm³/mol. The standard InChI is InChI=1S/C18H14INO/c1-20(18(21)15-10-4-5-11-16(15)19)17-12-6-8-13-7-2-3-9-14(13)17/h2-12H,1H3. The van der Waals surface area contributed by atoms with Gasteiger partial charge in [0.05, 0.1) is 11.3 Å². The van der Waals surface area contributed by atoms with E-state index in [-0.39, 0.29) is 5.91 Å². The van der Waals surface area contributed by atoms with Gasteiger partial charge in [-0.3, -0.25) is 4.79 Å². The molecule has 0 aliphatic heterocycles. The van der Waals surface area contributed by atoms with E-state index in [9.17, 15) is 4.79 Å². The number of carbonyl (C=O) groups is 1. The maximum absolute atomic E-state index is 12.7. The average molecular weight is 387 g/mol. The summed E-state index contributed by atoms with van der Waals surface area (Å²) in [6.07, 6.45) is 0. The predicted octanol–water partition coefficient (Wildman–Crippen LogP) is 4.72. The molecule has 21 heavy (non-hydrogen) atoms. The minimum atomic E-state index is 0.0105. The van der Waals surface area contributed by atoms with Gasteiger partial charge in [-0.2, -0.15) is 0 Å². The maximum Gasteiger partial charge on any atom is 0.259 e. The molecule has 0 fully saturated rings. The highest BCUT2D eigenvalue weighted by Crippen LogP contribution is 2.27. The van der Waals surface area contributed by atoms with Crippen LogP contribution < -0.4 is 4.90 Å². The van der Waals surface area contributed by atoms with E-state index in [1.54, 1.807) is 4.90 Å². The lowest BCUT2D eigenvalue weighted by Gasteiger charge is -2.20. The molecule has 0 spiro atoms. The Bertz CT molecular complexity index is 808. The van der Waals surface area contributed by atoms with Gasteiger partial charge in [-0.25, -0.2) is 0 Å². The van der Waals surface area contributed by atoms with Gasteiger partial charge in [-0.15, -0.1) is 0 Å². The van der Waals surface area contributed by atoms with Crippen molar-refractivity contribution in [2.24, 2.45) is 0 Å². The molecule has 3 rings (SSSR count). The lowest BCUT2D eigenvalue weighted by Crippen LogP contribution is -2.27. The lowest BCUT2D eigenvalue weighted by molar-refractivity contribution is 0.0992. The zero-order valence-corrected chi connectivity index (χ0v) is 13.7. The lowest BCUT2D eigenvalue weighted by atomic mass is 10.1. The molecule has 3 aromatic rings. The van der Waals surface area contributed by atoms with Gasteiger partial charge >= 0.3 is 0 Å². The molecule has 0 N–H and O–H groups in total. The number of carbonyl (C=O) groups excluding carboxylic acids is 1. The second kappa shape index (κ2) is 5.85. The van der Waals surface area contributed by atoms with Crippen molar-refractivity contribution in [2.75, 3.05) is 11.9 Å². The zero-order valence-electron chi connectivity index (χ0n) is 11.6. The fourth-order valence-corrected chi connectivity index (χ4v) is 3.04. The molecule has 3 heteroatoms. The van der Waals surface area contributed by atoms with Crippen molar-refractivity contribution in [3.8, 4) is 0 Å². The van der Waals surface area contributed by atoms with Gasteiger partial charge in [-0.05, 0) is 46.2 Å². The van der Waals surface area contributed by atoms with E-state index >= 15 is 0 Å². The summed E-state index contributed by atoms with van der Waals surface area (Å²) in [5.41, 5.74) is 1.66. The Labute approximate surface area is 137 Å². The van der Waals surface area contributed by atoms with Crippen LogP contribution in [0.5, 0.6) is 0 Å². The second-order valence-corrected chi connectivity index (χ2v) is 6.00. The van der Waals surface area contributed by atoms with E-state index in [1.807, 2.05) is 61.6 Å². The van der Waals surface area contributed by atoms with E-state index in [1.165, 1.54) is 0 Å². The first-order chi connectivity index (χ1) is 10.2. The Kier molecular flexibility index (Phi) is 3.92. The smallest absolute Gasteiger partial charge is 0.259 e. The van der Waals surface area contributed by atoms with Crippen molar-refractivity contribution < 1.29 is 4.79 Å². The second-order valence-electron chi connectivity index (χ2n) is 4.84. The summed E-state index contributed by atoms with van der Waals surface area (Å²) in [4.78, 5) is 14.5. The molecule has 0 aliphatic carbocycles. The first kappa shape index (κ1) is 14.1. The minimum Gasteiger partial charge on any atom is -0.311 e. The maximum atomic E-state index is 12.7. The fraction of sp³-hybridized carbons (Fsp3) is 0.0556. The highest BCUT2D eigenvalue weighted by atomic mass is 127. The van der Waals surface area contributed by atoms with Crippen LogP contribution in [-0.2, 0) is 0 Å². The minimum absolute atomic E-state index is 0.0105. The molecule has 0 aliphatic rings. The normalized spacial score (nSPS) is 10.6. The van der Waals surface area contributed by atoms with Crippen molar-refractivity contribution in [1.29, 1.82) is 0 Å². The molecular formula is C18H14INO. The third-order valence-electron chi connectivity index (χ3n) is 3.54. The number of hydrogen-bond donors (Lipinski definition) is 0. The van der Waals surface area contributed by atoms with Gasteiger partial charge in [0.1, 0.15) is 0 Å². The van der Waals surface area contributed by atoms with Crippen molar-refractivity contribution in [3.63, 3.8) is 0 Å². The van der Waals surface area contributed by atoms with E-state index in [0.717, 1.165) is 25.6 Å². The number of halogens is 1. The Hall–Kier alpha value is -1.88. The number of nitrogens with zero attached hydrogens (tertiary/aromatic N) is 1. The first-order valence-corrected chi connectivity index (χ1v) is 7.77. The Morgan fingerprint density at radius 1 is 0.905 bits per heavy atom. The van der Waals surface area contributed by atoms with Crippen LogP contribution in [-0.4, -0.2) is 13.0 Å². The Balaban J connectivity index is 2.07. The van der Waals surface area contributed by atoms with Gasteiger partial charge in [0.25, 0.3) is 5.91 Å². The molecule has 0 aromatic heterocycles. The summed E-state index contributed by atoms with van der Waals surface area (Å²) in [5, 5.41) is 2.22. The highest BCUT2D eigenvalue weighted by molar-refractivity contribution is 14.1. The summed E-state index contributed by atoms with van der Waals surface area (Å²) < 4.78 is 0.965. The van der Waals surface area contributed by atoms with Crippen LogP contribution in [0.25, 0.3) is 10.8 Å². The first-order valence-electron chi connectivity index (χ1n) is 6.69. The van der Waals surface area contributed by atoms with Gasteiger partial charge in [-0.1, -0.05) is 48.5 Å². The third-order valence-corrected chi connectivity index (χ3v) is 4.48. The number of hydrogen-bond acceptors (Lipinski definition) is 1. The summed E-state index contributed by atoms with van der Waals surface area (Å²) in [6, 6.07) is 21.8. The van der Waals surface area contributed by atoms with E-state index in [2.05, 4.69) is 34.7 Å². The third kappa shape index (κ3) is 2.65. The van der Waals surface area contributed by atoms with E-state index in [4.69, 9.17) is 0 Å². The number of anilines is 1. The molecular weight excluding hydrogens is 373 g/mol. The van der Waals surface area contributed by atoms with E-state index in [0.29, 0.717) is 0 Å². The van der Waals surface area contributed by atoms with Crippen LogP contribution in [0, 0.1) is 3.57 Å². The van der Waals surface area contributed by atoms with Gasteiger partial charge in [0, 0.05) is 16.0 Å². The van der Waals surface area contributed by atoms with Crippen LogP contribution in [0.3, 0.4) is 0 Å². The molecule has 3 aromatic carbocycles. The SMILES string of the molecule is CN(C(=O)c1ccccc1I)c1cccc2ccccc12. The summed E-state index contributed by atoms with van der Waals surface area (Å²) in [6.45, 7) is 0. The molecule has 104 valence electrons. The van der Waals surface area contributed by atoms with E-state index < -0.39 is 0 Å². The fourth-order valence-electron chi connectivity index (χ4n) is 2.43. The number of amides is 1. The van der Waals surface area contributed by atoms with Crippen LogP contribution in [0.2, 0.25) is 0 Å². The number of rotatable bonds is 2. The largest absolute Gasteiger partial charge is 0.311 e. The molecule has 1 amide bonds. The number of fused-ring (bicyclic) bond motifs is 1. The molecule has 0 saturated heterocycles. The molecule has 0 atom stereocenters. The van der Waals surface area contributed by atoms with Crippen LogP contribution in [0.15, 0.2) is 66.7 Å². The summed E-state index contributed by atoms with van der Waals surface area (Å²) in [5.74, 6) is 0.0105. The van der Waals surface area contributed by atoms with Gasteiger partial charge in [0.2, 0.25) is 0 Å². The average Bonchev–Trinajstić information content (AvgIpc) is 2.53. The van der Waals surface area contributed by atoms with Crippen LogP contribution >= 0.6 is 22.6 Å². The topological polar surface area (TPSA) is 20.3 Å². The van der Waals surface area contributed by atoms with Crippen molar-refractivity contribution in [3.05, 3.63) is 75.9 Å². The summed E-state index contributed by atoms with van der Waals surface area (Å²) >= 11 is 2.20. The molecule has 0 bridgehead atoms. The summed E-state index contributed by atoms with van der Waals surface area (Å²) in [7, 11) is 1.83. The highest BCUT2D eigenvalue weighted by Gasteiger charge is 2.17. The Morgan fingerprint density at radius 3 is 2.38 bits per heavy atom. The van der Waals surface area contributed by atoms with Crippen molar-refractivity contribution in [1.82, 2.24) is 0 Å². The molecule has 0 unspecified atom stereocenters. The van der Waals surface area contributed by atoms with Crippen molar-refractivity contribution in [2.45, 2.75) is 0 Å². The number of benzene rings is 3. The monoisotopic (exact) mass is 387 g/mol. The zero-order chi connectivity index (χ0) is 14.8. The van der Waals surface area contributed by atoms with Gasteiger partial charge < -0.3 is 4.90 Å². The molecule has 0 heterocycles. The molecule has 0 radical (unpaired) electrons. The van der Waals surface area contributed by atoms with Crippen molar-refractivity contribution >= 4 is 45.0 Å².